The van der Waals surface area contributed by atoms with Gasteiger partial charge in [-0.05, 0) is 56.1 Å². The van der Waals surface area contributed by atoms with E-state index in [-0.39, 0.29) is 12.5 Å². The number of carbonyl (C=O) groups is 1. The maximum Gasteiger partial charge on any atom is 0.324 e. The van der Waals surface area contributed by atoms with Crippen molar-refractivity contribution in [1.82, 2.24) is 5.32 Å². The van der Waals surface area contributed by atoms with Crippen molar-refractivity contribution >= 4 is 17.7 Å². The molecular formula is C14H27NO3S. The van der Waals surface area contributed by atoms with Gasteiger partial charge in [-0.2, -0.15) is 11.8 Å². The second kappa shape index (κ2) is 8.82. The summed E-state index contributed by atoms with van der Waals surface area (Å²) in [5, 5.41) is 21.6. The Balaban J connectivity index is 2.46. The molecule has 0 saturated heterocycles. The first kappa shape index (κ1) is 16.8. The Labute approximate surface area is 120 Å². The summed E-state index contributed by atoms with van der Waals surface area (Å²) in [5.74, 6) is 1.53. The molecule has 4 nitrogen and oxygen atoms in total. The molecule has 3 N–H and O–H groups in total. The zero-order valence-corrected chi connectivity index (χ0v) is 12.7. The SMILES string of the molecule is CCCNC1(C(=O)O)CCCC1CCSCCCO. The number of rotatable bonds is 10. The summed E-state index contributed by atoms with van der Waals surface area (Å²) in [6, 6.07) is 0. The lowest BCUT2D eigenvalue weighted by Crippen LogP contribution is -2.55. The fourth-order valence-electron chi connectivity index (χ4n) is 2.90. The summed E-state index contributed by atoms with van der Waals surface area (Å²) >= 11 is 1.82. The van der Waals surface area contributed by atoms with Gasteiger partial charge in [0.2, 0.25) is 0 Å². The predicted molar refractivity (Wildman–Crippen MR) is 79.6 cm³/mol. The highest BCUT2D eigenvalue weighted by Gasteiger charge is 2.48. The van der Waals surface area contributed by atoms with Gasteiger partial charge in [-0.3, -0.25) is 4.79 Å². The van der Waals surface area contributed by atoms with E-state index in [4.69, 9.17) is 5.11 Å². The van der Waals surface area contributed by atoms with Gasteiger partial charge < -0.3 is 15.5 Å². The van der Waals surface area contributed by atoms with Crippen molar-refractivity contribution in [3.63, 3.8) is 0 Å². The molecule has 0 radical (unpaired) electrons. The second-order valence-corrected chi connectivity index (χ2v) is 6.50. The molecule has 0 bridgehead atoms. The summed E-state index contributed by atoms with van der Waals surface area (Å²) in [7, 11) is 0. The Morgan fingerprint density at radius 1 is 1.47 bits per heavy atom. The van der Waals surface area contributed by atoms with Crippen molar-refractivity contribution in [3.05, 3.63) is 0 Å². The minimum absolute atomic E-state index is 0.244. The normalized spacial score (nSPS) is 26.7. The number of aliphatic hydroxyl groups excluding tert-OH is 1. The molecule has 19 heavy (non-hydrogen) atoms. The minimum Gasteiger partial charge on any atom is -0.480 e. The molecule has 0 aromatic rings. The quantitative estimate of drug-likeness (QED) is 0.537. The topological polar surface area (TPSA) is 69.6 Å². The number of carboxylic acid groups (broad SMARTS) is 1. The molecule has 1 aliphatic carbocycles. The smallest absolute Gasteiger partial charge is 0.324 e. The van der Waals surface area contributed by atoms with Gasteiger partial charge in [-0.15, -0.1) is 0 Å². The van der Waals surface area contributed by atoms with Crippen molar-refractivity contribution < 1.29 is 15.0 Å². The Bertz CT molecular complexity index is 275. The number of aliphatic carboxylic acids is 1. The van der Waals surface area contributed by atoms with Crippen LogP contribution < -0.4 is 5.32 Å². The number of aliphatic hydroxyl groups is 1. The number of carboxylic acids is 1. The molecule has 0 heterocycles. The zero-order chi connectivity index (χ0) is 14.1. The molecule has 2 atom stereocenters. The van der Waals surface area contributed by atoms with Crippen molar-refractivity contribution in [2.45, 2.75) is 51.0 Å². The van der Waals surface area contributed by atoms with Crippen LogP contribution in [0.3, 0.4) is 0 Å². The number of hydrogen-bond donors (Lipinski definition) is 3. The summed E-state index contributed by atoms with van der Waals surface area (Å²) in [6.07, 6.45) is 5.53. The van der Waals surface area contributed by atoms with E-state index in [1.54, 1.807) is 0 Å². The van der Waals surface area contributed by atoms with Gasteiger partial charge in [0, 0.05) is 6.61 Å². The van der Waals surface area contributed by atoms with E-state index in [2.05, 4.69) is 12.2 Å². The maximum absolute atomic E-state index is 11.7. The van der Waals surface area contributed by atoms with Crippen LogP contribution in [0.1, 0.15) is 45.4 Å². The molecule has 0 aromatic heterocycles. The largest absolute Gasteiger partial charge is 0.480 e. The molecule has 1 fully saturated rings. The van der Waals surface area contributed by atoms with Gasteiger partial charge in [0.05, 0.1) is 0 Å². The van der Waals surface area contributed by atoms with Crippen LogP contribution in [0.4, 0.5) is 0 Å². The number of nitrogens with one attached hydrogen (secondary N) is 1. The highest BCUT2D eigenvalue weighted by atomic mass is 32.2. The third kappa shape index (κ3) is 4.65. The van der Waals surface area contributed by atoms with Crippen LogP contribution in [-0.2, 0) is 4.79 Å². The average molecular weight is 289 g/mol. The number of hydrogen-bond acceptors (Lipinski definition) is 4. The van der Waals surface area contributed by atoms with Crippen LogP contribution >= 0.6 is 11.8 Å². The summed E-state index contributed by atoms with van der Waals surface area (Å²) in [5.41, 5.74) is -0.687. The molecule has 1 saturated carbocycles. The summed E-state index contributed by atoms with van der Waals surface area (Å²) in [6.45, 7) is 3.09. The molecule has 1 aliphatic rings. The molecule has 2 unspecified atom stereocenters. The Kier molecular flexibility index (Phi) is 7.80. The molecule has 0 aliphatic heterocycles. The third-order valence-electron chi connectivity index (χ3n) is 3.95. The van der Waals surface area contributed by atoms with Crippen LogP contribution in [0.2, 0.25) is 0 Å². The van der Waals surface area contributed by atoms with Crippen molar-refractivity contribution in [2.24, 2.45) is 5.92 Å². The van der Waals surface area contributed by atoms with Gasteiger partial charge in [0.25, 0.3) is 0 Å². The minimum atomic E-state index is -0.687. The van der Waals surface area contributed by atoms with Gasteiger partial charge in [0.1, 0.15) is 5.54 Å². The van der Waals surface area contributed by atoms with E-state index < -0.39 is 11.5 Å². The molecule has 1 rings (SSSR count). The summed E-state index contributed by atoms with van der Waals surface area (Å²) < 4.78 is 0. The van der Waals surface area contributed by atoms with Crippen molar-refractivity contribution in [3.8, 4) is 0 Å². The molecular weight excluding hydrogens is 262 g/mol. The summed E-state index contributed by atoms with van der Waals surface area (Å²) in [4.78, 5) is 11.7. The van der Waals surface area contributed by atoms with Gasteiger partial charge in [-0.25, -0.2) is 0 Å². The molecule has 5 heteroatoms. The molecule has 112 valence electrons. The predicted octanol–water partition coefficient (Wildman–Crippen LogP) is 2.12. The van der Waals surface area contributed by atoms with Crippen LogP contribution in [-0.4, -0.2) is 46.4 Å². The molecule has 0 spiro atoms. The van der Waals surface area contributed by atoms with Gasteiger partial charge in [-0.1, -0.05) is 13.3 Å². The lowest BCUT2D eigenvalue weighted by Gasteiger charge is -2.32. The fraction of sp³-hybridized carbons (Fsp3) is 0.929. The van der Waals surface area contributed by atoms with Crippen LogP contribution in [0.25, 0.3) is 0 Å². The highest BCUT2D eigenvalue weighted by Crippen LogP contribution is 2.39. The first-order chi connectivity index (χ1) is 9.17. The highest BCUT2D eigenvalue weighted by molar-refractivity contribution is 7.99. The van der Waals surface area contributed by atoms with E-state index in [9.17, 15) is 9.90 Å². The van der Waals surface area contributed by atoms with Crippen LogP contribution in [0, 0.1) is 5.92 Å². The molecule has 0 aromatic carbocycles. The first-order valence-electron chi connectivity index (χ1n) is 7.34. The number of thioether (sulfide) groups is 1. The van der Waals surface area contributed by atoms with Crippen molar-refractivity contribution in [1.29, 1.82) is 0 Å². The van der Waals surface area contributed by atoms with E-state index in [0.717, 1.165) is 56.6 Å². The molecule has 0 amide bonds. The Morgan fingerprint density at radius 3 is 2.89 bits per heavy atom. The van der Waals surface area contributed by atoms with Crippen molar-refractivity contribution in [2.75, 3.05) is 24.7 Å². The zero-order valence-electron chi connectivity index (χ0n) is 11.9. The monoisotopic (exact) mass is 289 g/mol. The van der Waals surface area contributed by atoms with E-state index in [1.807, 2.05) is 11.8 Å². The third-order valence-corrected chi connectivity index (χ3v) is 5.05. The Morgan fingerprint density at radius 2 is 2.26 bits per heavy atom. The average Bonchev–Trinajstić information content (AvgIpc) is 2.80. The van der Waals surface area contributed by atoms with Crippen LogP contribution in [0.5, 0.6) is 0 Å². The lowest BCUT2D eigenvalue weighted by atomic mass is 9.85. The standard InChI is InChI=1S/C14H27NO3S/c1-2-8-15-14(13(17)18)7-3-5-12(14)6-11-19-10-4-9-16/h12,15-16H,2-11H2,1H3,(H,17,18). The van der Waals surface area contributed by atoms with Gasteiger partial charge in [0.15, 0.2) is 0 Å². The van der Waals surface area contributed by atoms with E-state index in [0.29, 0.717) is 0 Å². The second-order valence-electron chi connectivity index (χ2n) is 5.27. The lowest BCUT2D eigenvalue weighted by molar-refractivity contribution is -0.146. The Hall–Kier alpha value is -0.260. The fourth-order valence-corrected chi connectivity index (χ4v) is 3.89. The van der Waals surface area contributed by atoms with E-state index >= 15 is 0 Å². The van der Waals surface area contributed by atoms with E-state index in [1.165, 1.54) is 0 Å². The van der Waals surface area contributed by atoms with Gasteiger partial charge >= 0.3 is 5.97 Å². The first-order valence-corrected chi connectivity index (χ1v) is 8.50. The van der Waals surface area contributed by atoms with Crippen LogP contribution in [0.15, 0.2) is 0 Å². The maximum atomic E-state index is 11.7.